The fourth-order valence-electron chi connectivity index (χ4n) is 4.25. The molecule has 0 unspecified atom stereocenters. The van der Waals surface area contributed by atoms with Gasteiger partial charge >= 0.3 is 5.97 Å². The van der Waals surface area contributed by atoms with E-state index in [1.165, 1.54) is 7.11 Å². The van der Waals surface area contributed by atoms with E-state index in [2.05, 4.69) is 9.80 Å². The van der Waals surface area contributed by atoms with Crippen LogP contribution in [0.5, 0.6) is 11.5 Å². The van der Waals surface area contributed by atoms with Crippen molar-refractivity contribution in [1.29, 1.82) is 0 Å². The highest BCUT2D eigenvalue weighted by molar-refractivity contribution is 7.99. The van der Waals surface area contributed by atoms with Crippen LogP contribution in [0.15, 0.2) is 12.1 Å². The third-order valence-electron chi connectivity index (χ3n) is 6.02. The lowest BCUT2D eigenvalue weighted by atomic mass is 9.97. The van der Waals surface area contributed by atoms with Gasteiger partial charge in [0.2, 0.25) is 0 Å². The largest absolute Gasteiger partial charge is 0.493 e. The van der Waals surface area contributed by atoms with E-state index in [-0.39, 0.29) is 11.9 Å². The number of anilines is 1. The molecule has 8 nitrogen and oxygen atoms in total. The Bertz CT molecular complexity index is 927. The molecule has 0 bridgehead atoms. The summed E-state index contributed by atoms with van der Waals surface area (Å²) in [5, 5.41) is 0.937. The molecule has 0 saturated carbocycles. The normalized spacial score (nSPS) is 18.2. The standard InChI is InChI=1S/C22H30N4O4S/c1-28-18-12-16-17(13-19(18)29-2)23-20(14-25-8-10-31-11-9-25)24-21(16)26-6-4-15(5-7-26)22(27)30-3/h12-13,15H,4-11,14H2,1-3H3. The third-order valence-corrected chi connectivity index (χ3v) is 6.97. The number of aromatic nitrogens is 2. The first-order chi connectivity index (χ1) is 15.1. The second-order valence-corrected chi connectivity index (χ2v) is 9.09. The Balaban J connectivity index is 1.69. The molecule has 1 aromatic heterocycles. The maximum Gasteiger partial charge on any atom is 0.308 e. The molecule has 0 amide bonds. The molecule has 0 N–H and O–H groups in total. The summed E-state index contributed by atoms with van der Waals surface area (Å²) >= 11 is 1.99. The van der Waals surface area contributed by atoms with Crippen LogP contribution in [0.3, 0.4) is 0 Å². The van der Waals surface area contributed by atoms with Crippen molar-refractivity contribution in [3.63, 3.8) is 0 Å². The quantitative estimate of drug-likeness (QED) is 0.622. The maximum absolute atomic E-state index is 11.9. The van der Waals surface area contributed by atoms with Gasteiger partial charge in [0.05, 0.1) is 39.3 Å². The molecular formula is C22H30N4O4S. The molecule has 0 spiro atoms. The van der Waals surface area contributed by atoms with E-state index in [1.807, 2.05) is 23.9 Å². The highest BCUT2D eigenvalue weighted by Crippen LogP contribution is 2.36. The van der Waals surface area contributed by atoms with Crippen LogP contribution >= 0.6 is 11.8 Å². The molecule has 2 aromatic rings. The summed E-state index contributed by atoms with van der Waals surface area (Å²) < 4.78 is 16.0. The molecule has 2 fully saturated rings. The predicted molar refractivity (Wildman–Crippen MR) is 122 cm³/mol. The summed E-state index contributed by atoms with van der Waals surface area (Å²) in [6.07, 6.45) is 1.51. The molecule has 0 atom stereocenters. The molecule has 2 aliphatic rings. The number of benzene rings is 1. The Kier molecular flexibility index (Phi) is 7.02. The number of esters is 1. The van der Waals surface area contributed by atoms with Crippen molar-refractivity contribution >= 4 is 34.5 Å². The van der Waals surface area contributed by atoms with Crippen LogP contribution in [-0.2, 0) is 16.1 Å². The van der Waals surface area contributed by atoms with Crippen LogP contribution < -0.4 is 14.4 Å². The van der Waals surface area contributed by atoms with Crippen molar-refractivity contribution in [3.05, 3.63) is 18.0 Å². The Labute approximate surface area is 187 Å². The summed E-state index contributed by atoms with van der Waals surface area (Å²) in [6, 6.07) is 3.88. The second kappa shape index (κ2) is 9.91. The Morgan fingerprint density at radius 2 is 1.71 bits per heavy atom. The summed E-state index contributed by atoms with van der Waals surface area (Å²) in [7, 11) is 4.72. The van der Waals surface area contributed by atoms with E-state index in [1.54, 1.807) is 14.2 Å². The van der Waals surface area contributed by atoms with E-state index in [0.717, 1.165) is 79.6 Å². The number of thioether (sulfide) groups is 1. The lowest BCUT2D eigenvalue weighted by molar-refractivity contribution is -0.146. The van der Waals surface area contributed by atoms with Gasteiger partial charge in [0.1, 0.15) is 11.6 Å². The van der Waals surface area contributed by atoms with Crippen LogP contribution in [0.25, 0.3) is 10.9 Å². The average molecular weight is 447 g/mol. The SMILES string of the molecule is COC(=O)C1CCN(c2nc(CN3CCSCC3)nc3cc(OC)c(OC)cc23)CC1. The first kappa shape index (κ1) is 22.0. The molecule has 9 heteroatoms. The van der Waals surface area contributed by atoms with Gasteiger partial charge in [-0.3, -0.25) is 9.69 Å². The monoisotopic (exact) mass is 446 g/mol. The van der Waals surface area contributed by atoms with Gasteiger partial charge in [-0.05, 0) is 18.9 Å². The van der Waals surface area contributed by atoms with Crippen LogP contribution in [0.2, 0.25) is 0 Å². The van der Waals surface area contributed by atoms with Gasteiger partial charge in [-0.15, -0.1) is 0 Å². The average Bonchev–Trinajstić information content (AvgIpc) is 2.83. The first-order valence-corrected chi connectivity index (χ1v) is 11.8. The van der Waals surface area contributed by atoms with Gasteiger partial charge in [-0.25, -0.2) is 9.97 Å². The summed E-state index contributed by atoms with van der Waals surface area (Å²) in [5.74, 6) is 5.15. The minimum Gasteiger partial charge on any atom is -0.493 e. The maximum atomic E-state index is 11.9. The third kappa shape index (κ3) is 4.82. The molecule has 31 heavy (non-hydrogen) atoms. The van der Waals surface area contributed by atoms with Crippen molar-refractivity contribution in [2.75, 3.05) is 63.9 Å². The van der Waals surface area contributed by atoms with Gasteiger partial charge in [-0.2, -0.15) is 11.8 Å². The number of hydrogen-bond donors (Lipinski definition) is 0. The lowest BCUT2D eigenvalue weighted by Crippen LogP contribution is -2.38. The van der Waals surface area contributed by atoms with Crippen LogP contribution in [-0.4, -0.2) is 79.9 Å². The number of hydrogen-bond acceptors (Lipinski definition) is 9. The van der Waals surface area contributed by atoms with E-state index < -0.39 is 0 Å². The molecule has 0 aliphatic carbocycles. The Morgan fingerprint density at radius 1 is 1.03 bits per heavy atom. The Hall–Kier alpha value is -2.26. The summed E-state index contributed by atoms with van der Waals surface area (Å²) in [6.45, 7) is 4.34. The summed E-state index contributed by atoms with van der Waals surface area (Å²) in [4.78, 5) is 26.5. The van der Waals surface area contributed by atoms with Crippen molar-refractivity contribution in [3.8, 4) is 11.5 Å². The van der Waals surface area contributed by atoms with Crippen molar-refractivity contribution in [2.24, 2.45) is 5.92 Å². The van der Waals surface area contributed by atoms with Crippen LogP contribution in [0.4, 0.5) is 5.82 Å². The van der Waals surface area contributed by atoms with Crippen molar-refractivity contribution in [2.45, 2.75) is 19.4 Å². The number of rotatable bonds is 6. The molecule has 3 heterocycles. The highest BCUT2D eigenvalue weighted by atomic mass is 32.2. The second-order valence-electron chi connectivity index (χ2n) is 7.86. The number of nitrogens with zero attached hydrogens (tertiary/aromatic N) is 4. The molecule has 0 radical (unpaired) electrons. The topological polar surface area (TPSA) is 77.0 Å². The molecule has 2 saturated heterocycles. The number of fused-ring (bicyclic) bond motifs is 1. The predicted octanol–water partition coefficient (Wildman–Crippen LogP) is 2.59. The fraction of sp³-hybridized carbons (Fsp3) is 0.591. The van der Waals surface area contributed by atoms with Gasteiger partial charge in [0.15, 0.2) is 11.5 Å². The highest BCUT2D eigenvalue weighted by Gasteiger charge is 2.28. The van der Waals surface area contributed by atoms with E-state index in [0.29, 0.717) is 11.5 Å². The zero-order valence-corrected chi connectivity index (χ0v) is 19.2. The minimum absolute atomic E-state index is 0.0469. The van der Waals surface area contributed by atoms with E-state index in [4.69, 9.17) is 24.2 Å². The lowest BCUT2D eigenvalue weighted by Gasteiger charge is -2.33. The van der Waals surface area contributed by atoms with E-state index in [9.17, 15) is 4.79 Å². The zero-order valence-electron chi connectivity index (χ0n) is 18.4. The zero-order chi connectivity index (χ0) is 21.8. The molecular weight excluding hydrogens is 416 g/mol. The van der Waals surface area contributed by atoms with Crippen molar-refractivity contribution in [1.82, 2.24) is 14.9 Å². The minimum atomic E-state index is -0.123. The van der Waals surface area contributed by atoms with Gasteiger partial charge in [0.25, 0.3) is 0 Å². The first-order valence-electron chi connectivity index (χ1n) is 10.7. The number of methoxy groups -OCH3 is 3. The molecule has 1 aromatic carbocycles. The van der Waals surface area contributed by atoms with Gasteiger partial charge < -0.3 is 19.1 Å². The Morgan fingerprint density at radius 3 is 2.35 bits per heavy atom. The number of piperidine rings is 1. The fourth-order valence-corrected chi connectivity index (χ4v) is 5.23. The molecule has 4 rings (SSSR count). The number of carbonyl (C=O) groups is 1. The van der Waals surface area contributed by atoms with E-state index >= 15 is 0 Å². The summed E-state index contributed by atoms with van der Waals surface area (Å²) in [5.41, 5.74) is 0.846. The number of ether oxygens (including phenoxy) is 3. The molecule has 2 aliphatic heterocycles. The molecule has 168 valence electrons. The van der Waals surface area contributed by atoms with Crippen LogP contribution in [0.1, 0.15) is 18.7 Å². The van der Waals surface area contributed by atoms with Crippen molar-refractivity contribution < 1.29 is 19.0 Å². The smallest absolute Gasteiger partial charge is 0.308 e. The van der Waals surface area contributed by atoms with Gasteiger partial charge in [-0.1, -0.05) is 0 Å². The van der Waals surface area contributed by atoms with Gasteiger partial charge in [0, 0.05) is 49.1 Å². The van der Waals surface area contributed by atoms with Crippen LogP contribution in [0, 0.1) is 5.92 Å². The number of carbonyl (C=O) groups excluding carboxylic acids is 1.